The lowest BCUT2D eigenvalue weighted by molar-refractivity contribution is 0.369. The number of aryl methyl sites for hydroxylation is 1. The second-order valence-corrected chi connectivity index (χ2v) is 4.41. The molecular formula is C15H19N3O3. The van der Waals surface area contributed by atoms with E-state index in [0.717, 1.165) is 17.1 Å². The fraction of sp³-hybridized carbons (Fsp3) is 0.333. The van der Waals surface area contributed by atoms with Gasteiger partial charge >= 0.3 is 0 Å². The number of ether oxygens (including phenoxy) is 3. The number of benzene rings is 1. The first-order chi connectivity index (χ1) is 10.2. The van der Waals surface area contributed by atoms with E-state index in [-0.39, 0.29) is 0 Å². The van der Waals surface area contributed by atoms with Gasteiger partial charge in [-0.05, 0) is 6.92 Å². The van der Waals surface area contributed by atoms with E-state index in [1.807, 2.05) is 25.1 Å². The molecule has 0 aliphatic carbocycles. The van der Waals surface area contributed by atoms with Gasteiger partial charge in [0.15, 0.2) is 0 Å². The van der Waals surface area contributed by atoms with Crippen LogP contribution >= 0.6 is 0 Å². The fourth-order valence-corrected chi connectivity index (χ4v) is 1.98. The number of rotatable bonds is 6. The number of anilines is 1. The van der Waals surface area contributed by atoms with E-state index < -0.39 is 0 Å². The van der Waals surface area contributed by atoms with Crippen LogP contribution in [0.4, 0.5) is 5.82 Å². The minimum atomic E-state index is 0.521. The highest BCUT2D eigenvalue weighted by Crippen LogP contribution is 2.34. The summed E-state index contributed by atoms with van der Waals surface area (Å²) in [6.07, 6.45) is 1.53. The van der Waals surface area contributed by atoms with Crippen molar-refractivity contribution in [2.24, 2.45) is 0 Å². The summed E-state index contributed by atoms with van der Waals surface area (Å²) >= 11 is 0. The van der Waals surface area contributed by atoms with Crippen LogP contribution in [0.15, 0.2) is 24.5 Å². The zero-order valence-electron chi connectivity index (χ0n) is 12.6. The van der Waals surface area contributed by atoms with Crippen molar-refractivity contribution in [2.75, 3.05) is 26.6 Å². The Balaban J connectivity index is 2.26. The molecule has 0 spiro atoms. The Morgan fingerprint density at radius 2 is 1.62 bits per heavy atom. The first-order valence-electron chi connectivity index (χ1n) is 6.49. The first-order valence-corrected chi connectivity index (χ1v) is 6.49. The highest BCUT2D eigenvalue weighted by atomic mass is 16.5. The summed E-state index contributed by atoms with van der Waals surface area (Å²) in [6, 6.07) is 5.53. The van der Waals surface area contributed by atoms with E-state index >= 15 is 0 Å². The molecule has 0 saturated carbocycles. The van der Waals surface area contributed by atoms with Crippen LogP contribution < -0.4 is 19.5 Å². The molecule has 1 N–H and O–H groups in total. The van der Waals surface area contributed by atoms with Gasteiger partial charge in [0.1, 0.15) is 29.4 Å². The summed E-state index contributed by atoms with van der Waals surface area (Å²) in [5, 5.41) is 3.24. The van der Waals surface area contributed by atoms with Crippen molar-refractivity contribution in [2.45, 2.75) is 13.5 Å². The van der Waals surface area contributed by atoms with Gasteiger partial charge in [0, 0.05) is 30.4 Å². The third kappa shape index (κ3) is 3.53. The smallest absolute Gasteiger partial charge is 0.131 e. The maximum atomic E-state index is 5.41. The van der Waals surface area contributed by atoms with Crippen molar-refractivity contribution < 1.29 is 14.2 Å². The van der Waals surface area contributed by atoms with Gasteiger partial charge < -0.3 is 19.5 Å². The molecule has 2 aromatic rings. The monoisotopic (exact) mass is 289 g/mol. The molecule has 6 nitrogen and oxygen atoms in total. The average molecular weight is 289 g/mol. The number of methoxy groups -OCH3 is 3. The molecule has 0 amide bonds. The van der Waals surface area contributed by atoms with Gasteiger partial charge in [0.25, 0.3) is 0 Å². The molecule has 0 bridgehead atoms. The van der Waals surface area contributed by atoms with E-state index in [2.05, 4.69) is 15.3 Å². The predicted octanol–water partition coefficient (Wildman–Crippen LogP) is 2.42. The van der Waals surface area contributed by atoms with E-state index in [0.29, 0.717) is 23.8 Å². The fourth-order valence-electron chi connectivity index (χ4n) is 1.98. The van der Waals surface area contributed by atoms with E-state index in [1.165, 1.54) is 6.33 Å². The lowest BCUT2D eigenvalue weighted by atomic mass is 10.1. The standard InChI is InChI=1S/C15H19N3O3/c1-10-5-15(18-9-17-10)16-8-12-13(20-3)6-11(19-2)7-14(12)21-4/h5-7,9H,8H2,1-4H3,(H,16,17,18). The molecule has 21 heavy (non-hydrogen) atoms. The molecule has 0 unspecified atom stereocenters. The van der Waals surface area contributed by atoms with E-state index in [4.69, 9.17) is 14.2 Å². The van der Waals surface area contributed by atoms with Crippen LogP contribution in [0.3, 0.4) is 0 Å². The molecule has 0 saturated heterocycles. The van der Waals surface area contributed by atoms with Crippen molar-refractivity contribution >= 4 is 5.82 Å². The third-order valence-electron chi connectivity index (χ3n) is 3.07. The SMILES string of the molecule is COc1cc(OC)c(CNc2cc(C)ncn2)c(OC)c1. The Morgan fingerprint density at radius 3 is 2.14 bits per heavy atom. The summed E-state index contributed by atoms with van der Waals surface area (Å²) in [5.41, 5.74) is 1.80. The van der Waals surface area contributed by atoms with Gasteiger partial charge in [-0.2, -0.15) is 0 Å². The molecule has 0 aliphatic heterocycles. The van der Waals surface area contributed by atoms with Crippen LogP contribution in [0.1, 0.15) is 11.3 Å². The van der Waals surface area contributed by atoms with Crippen LogP contribution in [0.2, 0.25) is 0 Å². The Morgan fingerprint density at radius 1 is 0.952 bits per heavy atom. The van der Waals surface area contributed by atoms with Gasteiger partial charge in [-0.3, -0.25) is 0 Å². The van der Waals surface area contributed by atoms with Crippen LogP contribution in [0.25, 0.3) is 0 Å². The molecule has 0 radical (unpaired) electrons. The van der Waals surface area contributed by atoms with Gasteiger partial charge in [0.05, 0.1) is 26.9 Å². The zero-order chi connectivity index (χ0) is 15.2. The highest BCUT2D eigenvalue weighted by Gasteiger charge is 2.13. The molecule has 1 aromatic heterocycles. The number of nitrogens with zero attached hydrogens (tertiary/aromatic N) is 2. The van der Waals surface area contributed by atoms with E-state index in [9.17, 15) is 0 Å². The molecule has 1 heterocycles. The Hall–Kier alpha value is -2.50. The lowest BCUT2D eigenvalue weighted by Gasteiger charge is -2.15. The zero-order valence-corrected chi connectivity index (χ0v) is 12.6. The quantitative estimate of drug-likeness (QED) is 0.881. The number of hydrogen-bond acceptors (Lipinski definition) is 6. The van der Waals surface area contributed by atoms with Crippen LogP contribution in [-0.4, -0.2) is 31.3 Å². The van der Waals surface area contributed by atoms with Gasteiger partial charge in [0.2, 0.25) is 0 Å². The van der Waals surface area contributed by atoms with Crippen molar-refractivity contribution in [1.29, 1.82) is 0 Å². The maximum absolute atomic E-state index is 5.41. The summed E-state index contributed by atoms with van der Waals surface area (Å²) in [4.78, 5) is 8.24. The molecule has 1 aromatic carbocycles. The molecule has 2 rings (SSSR count). The normalized spacial score (nSPS) is 10.1. The molecule has 0 aliphatic rings. The van der Waals surface area contributed by atoms with Crippen molar-refractivity contribution in [3.63, 3.8) is 0 Å². The van der Waals surface area contributed by atoms with Gasteiger partial charge in [-0.1, -0.05) is 0 Å². The maximum Gasteiger partial charge on any atom is 0.131 e. The van der Waals surface area contributed by atoms with Crippen LogP contribution in [-0.2, 0) is 6.54 Å². The van der Waals surface area contributed by atoms with Crippen molar-refractivity contribution in [3.05, 3.63) is 35.8 Å². The summed E-state index contributed by atoms with van der Waals surface area (Å²) in [7, 11) is 4.84. The molecular weight excluding hydrogens is 270 g/mol. The number of aromatic nitrogens is 2. The van der Waals surface area contributed by atoms with E-state index in [1.54, 1.807) is 21.3 Å². The number of hydrogen-bond donors (Lipinski definition) is 1. The van der Waals surface area contributed by atoms with Gasteiger partial charge in [-0.25, -0.2) is 9.97 Å². The molecule has 6 heteroatoms. The molecule has 0 fully saturated rings. The van der Waals surface area contributed by atoms with Crippen LogP contribution in [0.5, 0.6) is 17.2 Å². The largest absolute Gasteiger partial charge is 0.496 e. The molecule has 112 valence electrons. The highest BCUT2D eigenvalue weighted by molar-refractivity contribution is 5.52. The predicted molar refractivity (Wildman–Crippen MR) is 80.2 cm³/mol. The summed E-state index contributed by atoms with van der Waals surface area (Å²) < 4.78 is 16.1. The van der Waals surface area contributed by atoms with Gasteiger partial charge in [-0.15, -0.1) is 0 Å². The third-order valence-corrected chi connectivity index (χ3v) is 3.07. The minimum absolute atomic E-state index is 0.521. The summed E-state index contributed by atoms with van der Waals surface area (Å²) in [5.74, 6) is 2.83. The second kappa shape index (κ2) is 6.78. The van der Waals surface area contributed by atoms with Crippen LogP contribution in [0, 0.1) is 6.92 Å². The topological polar surface area (TPSA) is 65.5 Å². The molecule has 0 atom stereocenters. The minimum Gasteiger partial charge on any atom is -0.496 e. The first kappa shape index (κ1) is 14.9. The Bertz CT molecular complexity index is 592. The Kier molecular flexibility index (Phi) is 4.81. The van der Waals surface area contributed by atoms with Crippen molar-refractivity contribution in [3.8, 4) is 17.2 Å². The Labute approximate surface area is 124 Å². The summed E-state index contributed by atoms with van der Waals surface area (Å²) in [6.45, 7) is 2.44. The van der Waals surface area contributed by atoms with Crippen molar-refractivity contribution in [1.82, 2.24) is 9.97 Å². The average Bonchev–Trinajstić information content (AvgIpc) is 2.52. The second-order valence-electron chi connectivity index (χ2n) is 4.41. The number of nitrogens with one attached hydrogen (secondary N) is 1. The lowest BCUT2D eigenvalue weighted by Crippen LogP contribution is -2.06.